The predicted molar refractivity (Wildman–Crippen MR) is 86.6 cm³/mol. The first-order valence-corrected chi connectivity index (χ1v) is 9.91. The molecular formula is C12H18N2O4S3. The van der Waals surface area contributed by atoms with Crippen LogP contribution in [0, 0.1) is 6.92 Å². The van der Waals surface area contributed by atoms with E-state index in [9.17, 15) is 16.8 Å². The topological polar surface area (TPSA) is 106 Å². The van der Waals surface area contributed by atoms with Gasteiger partial charge >= 0.3 is 0 Å². The zero-order chi connectivity index (χ0) is 16.3. The highest BCUT2D eigenvalue weighted by molar-refractivity contribution is 7.91. The summed E-state index contributed by atoms with van der Waals surface area (Å²) in [4.78, 5) is 0.140. The molecule has 0 aromatic heterocycles. The van der Waals surface area contributed by atoms with E-state index in [1.165, 1.54) is 13.0 Å². The summed E-state index contributed by atoms with van der Waals surface area (Å²) in [6.45, 7) is 2.98. The highest BCUT2D eigenvalue weighted by Gasteiger charge is 2.18. The maximum Gasteiger partial charge on any atom is 0.240 e. The zero-order valence-electron chi connectivity index (χ0n) is 11.8. The van der Waals surface area contributed by atoms with E-state index in [2.05, 4.69) is 4.72 Å². The fraction of sp³-hybridized carbons (Fsp3) is 0.417. The minimum Gasteiger partial charge on any atom is -0.389 e. The molecule has 118 valence electrons. The highest BCUT2D eigenvalue weighted by Crippen LogP contribution is 2.17. The van der Waals surface area contributed by atoms with Crippen molar-refractivity contribution in [3.05, 3.63) is 29.3 Å². The number of sulfonamides is 1. The Balaban J connectivity index is 2.98. The van der Waals surface area contributed by atoms with E-state index in [1.54, 1.807) is 19.1 Å². The summed E-state index contributed by atoms with van der Waals surface area (Å²) in [5.74, 6) is -0.262. The Labute approximate surface area is 130 Å². The molecule has 1 rings (SSSR count). The molecule has 0 saturated carbocycles. The Hall–Kier alpha value is -1.03. The third kappa shape index (κ3) is 5.03. The quantitative estimate of drug-likeness (QED) is 0.687. The van der Waals surface area contributed by atoms with Crippen molar-refractivity contribution in [1.29, 1.82) is 0 Å². The van der Waals surface area contributed by atoms with Gasteiger partial charge in [-0.25, -0.2) is 21.6 Å². The van der Waals surface area contributed by atoms with Gasteiger partial charge in [0.15, 0.2) is 9.84 Å². The van der Waals surface area contributed by atoms with Crippen LogP contribution >= 0.6 is 12.2 Å². The van der Waals surface area contributed by atoms with Gasteiger partial charge < -0.3 is 5.73 Å². The van der Waals surface area contributed by atoms with E-state index in [0.29, 0.717) is 11.1 Å². The van der Waals surface area contributed by atoms with Crippen LogP contribution < -0.4 is 10.5 Å². The van der Waals surface area contributed by atoms with E-state index in [0.717, 1.165) is 0 Å². The number of hydrogen-bond donors (Lipinski definition) is 2. The van der Waals surface area contributed by atoms with E-state index in [1.807, 2.05) is 0 Å². The Bertz CT molecular complexity index is 740. The van der Waals surface area contributed by atoms with Crippen LogP contribution in [-0.2, 0) is 19.9 Å². The van der Waals surface area contributed by atoms with E-state index in [4.69, 9.17) is 18.0 Å². The van der Waals surface area contributed by atoms with Crippen molar-refractivity contribution in [2.45, 2.75) is 18.7 Å². The van der Waals surface area contributed by atoms with Crippen molar-refractivity contribution in [3.63, 3.8) is 0 Å². The third-order valence-electron chi connectivity index (χ3n) is 2.91. The number of aryl methyl sites for hydroxylation is 1. The molecule has 1 aromatic rings. The lowest BCUT2D eigenvalue weighted by molar-refractivity contribution is 0.580. The molecule has 0 atom stereocenters. The Morgan fingerprint density at radius 1 is 1.29 bits per heavy atom. The maximum atomic E-state index is 12.2. The molecule has 1 aromatic carbocycles. The smallest absolute Gasteiger partial charge is 0.240 e. The van der Waals surface area contributed by atoms with Gasteiger partial charge in [0.1, 0.15) is 4.99 Å². The SMILES string of the molecule is CCS(=O)(=O)CCNS(=O)(=O)c1cc(C(N)=S)ccc1C. The normalized spacial score (nSPS) is 12.3. The number of benzene rings is 1. The first-order chi connectivity index (χ1) is 9.59. The van der Waals surface area contributed by atoms with E-state index < -0.39 is 19.9 Å². The van der Waals surface area contributed by atoms with Gasteiger partial charge in [-0.3, -0.25) is 0 Å². The Morgan fingerprint density at radius 2 is 1.90 bits per heavy atom. The van der Waals surface area contributed by atoms with Gasteiger partial charge in [0.25, 0.3) is 0 Å². The highest BCUT2D eigenvalue weighted by atomic mass is 32.2. The lowest BCUT2D eigenvalue weighted by Crippen LogP contribution is -2.30. The second kappa shape index (κ2) is 6.82. The molecule has 3 N–H and O–H groups in total. The van der Waals surface area contributed by atoms with Gasteiger partial charge in [-0.2, -0.15) is 0 Å². The molecule has 0 amide bonds. The average molecular weight is 350 g/mol. The second-order valence-electron chi connectivity index (χ2n) is 4.48. The molecule has 0 aliphatic rings. The fourth-order valence-corrected chi connectivity index (χ4v) is 3.85. The zero-order valence-corrected chi connectivity index (χ0v) is 14.2. The van der Waals surface area contributed by atoms with Crippen molar-refractivity contribution in [3.8, 4) is 0 Å². The summed E-state index contributed by atoms with van der Waals surface area (Å²) < 4.78 is 49.4. The van der Waals surface area contributed by atoms with Crippen LogP contribution in [0.5, 0.6) is 0 Å². The molecule has 0 unspecified atom stereocenters. The van der Waals surface area contributed by atoms with Crippen LogP contribution in [0.4, 0.5) is 0 Å². The van der Waals surface area contributed by atoms with Crippen LogP contribution in [0.25, 0.3) is 0 Å². The van der Waals surface area contributed by atoms with Gasteiger partial charge in [-0.15, -0.1) is 0 Å². The first-order valence-electron chi connectivity index (χ1n) is 6.19. The van der Waals surface area contributed by atoms with Crippen molar-refractivity contribution < 1.29 is 16.8 Å². The minimum atomic E-state index is -3.81. The number of rotatable bonds is 7. The van der Waals surface area contributed by atoms with Gasteiger partial charge in [0.2, 0.25) is 10.0 Å². The summed E-state index contributed by atoms with van der Waals surface area (Å²) in [6.07, 6.45) is 0. The molecule has 21 heavy (non-hydrogen) atoms. The fourth-order valence-electron chi connectivity index (χ4n) is 1.60. The van der Waals surface area contributed by atoms with Crippen LogP contribution in [-0.4, -0.2) is 39.9 Å². The van der Waals surface area contributed by atoms with Crippen molar-refractivity contribution in [2.75, 3.05) is 18.1 Å². The second-order valence-corrected chi connectivity index (χ2v) is 9.13. The van der Waals surface area contributed by atoms with Crippen molar-refractivity contribution in [2.24, 2.45) is 5.73 Å². The summed E-state index contributed by atoms with van der Waals surface area (Å²) in [6, 6.07) is 4.62. The molecule has 0 heterocycles. The summed E-state index contributed by atoms with van der Waals surface area (Å²) in [5, 5.41) is 0. The van der Waals surface area contributed by atoms with Gasteiger partial charge in [0.05, 0.1) is 10.6 Å². The lowest BCUT2D eigenvalue weighted by Gasteiger charge is -2.10. The summed E-state index contributed by atoms with van der Waals surface area (Å²) >= 11 is 4.82. The average Bonchev–Trinajstić information content (AvgIpc) is 2.38. The number of nitrogens with two attached hydrogens (primary N) is 1. The molecule has 0 radical (unpaired) electrons. The number of hydrogen-bond acceptors (Lipinski definition) is 5. The Kier molecular flexibility index (Phi) is 5.85. The number of thiocarbonyl (C=S) groups is 1. The molecular weight excluding hydrogens is 332 g/mol. The van der Waals surface area contributed by atoms with Crippen molar-refractivity contribution in [1.82, 2.24) is 4.72 Å². The standard InChI is InChI=1S/C12H18N2O4S3/c1-3-20(15,16)7-6-14-21(17,18)11-8-10(12(13)19)5-4-9(11)2/h4-5,8,14H,3,6-7H2,1-2H3,(H2,13,19). The van der Waals surface area contributed by atoms with Gasteiger partial charge in [-0.05, 0) is 18.6 Å². The van der Waals surface area contributed by atoms with E-state index in [-0.39, 0.29) is 27.9 Å². The molecule has 0 fully saturated rings. The maximum absolute atomic E-state index is 12.2. The number of nitrogens with one attached hydrogen (secondary N) is 1. The molecule has 0 aliphatic carbocycles. The monoisotopic (exact) mass is 350 g/mol. The molecule has 9 heteroatoms. The van der Waals surface area contributed by atoms with Crippen LogP contribution in [0.1, 0.15) is 18.1 Å². The van der Waals surface area contributed by atoms with Crippen LogP contribution in [0.2, 0.25) is 0 Å². The predicted octanol–water partition coefficient (Wildman–Crippen LogP) is 0.342. The molecule has 0 aliphatic heterocycles. The molecule has 6 nitrogen and oxygen atoms in total. The lowest BCUT2D eigenvalue weighted by atomic mass is 10.1. The summed E-state index contributed by atoms with van der Waals surface area (Å²) in [5.41, 5.74) is 6.46. The molecule has 0 saturated heterocycles. The largest absolute Gasteiger partial charge is 0.389 e. The van der Waals surface area contributed by atoms with Gasteiger partial charge in [-0.1, -0.05) is 31.3 Å². The van der Waals surface area contributed by atoms with Crippen LogP contribution in [0.15, 0.2) is 23.1 Å². The minimum absolute atomic E-state index is 0.0231. The number of sulfone groups is 1. The first kappa shape index (κ1) is 18.0. The van der Waals surface area contributed by atoms with Crippen molar-refractivity contribution >= 4 is 37.1 Å². The van der Waals surface area contributed by atoms with Gasteiger partial charge in [0, 0.05) is 17.9 Å². The summed E-state index contributed by atoms with van der Waals surface area (Å²) in [7, 11) is -7.03. The van der Waals surface area contributed by atoms with E-state index >= 15 is 0 Å². The molecule has 0 bridgehead atoms. The Morgan fingerprint density at radius 3 is 2.43 bits per heavy atom. The molecule has 0 spiro atoms. The van der Waals surface area contributed by atoms with Crippen LogP contribution in [0.3, 0.4) is 0 Å². The third-order valence-corrected chi connectivity index (χ3v) is 6.45.